The number of nitrogens with one attached hydrogen (secondary N) is 1. The van der Waals surface area contributed by atoms with Gasteiger partial charge in [0, 0.05) is 46.4 Å². The molecule has 0 aromatic heterocycles. The lowest BCUT2D eigenvalue weighted by molar-refractivity contribution is -0.137. The first-order chi connectivity index (χ1) is 9.88. The minimum absolute atomic E-state index is 0.0701. The predicted octanol–water partition coefficient (Wildman–Crippen LogP) is 2.80. The van der Waals surface area contributed by atoms with Gasteiger partial charge in [-0.1, -0.05) is 11.6 Å². The van der Waals surface area contributed by atoms with Gasteiger partial charge in [0.2, 0.25) is 5.91 Å². The van der Waals surface area contributed by atoms with E-state index in [-0.39, 0.29) is 18.7 Å². The van der Waals surface area contributed by atoms with E-state index in [2.05, 4.69) is 5.32 Å². The average molecular weight is 332 g/mol. The Morgan fingerprint density at radius 3 is 2.57 bits per heavy atom. The third-order valence-corrected chi connectivity index (χ3v) is 3.82. The highest BCUT2D eigenvalue weighted by molar-refractivity contribution is 7.83. The molecule has 1 aromatic carbocycles. The molecule has 0 aliphatic carbocycles. The molecular formula is C14H18ClNO4S. The molecule has 1 atom stereocenters. The highest BCUT2D eigenvalue weighted by Gasteiger charge is 2.07. The molecule has 0 fully saturated rings. The van der Waals surface area contributed by atoms with Crippen LogP contribution in [0, 0.1) is 0 Å². The zero-order valence-electron chi connectivity index (χ0n) is 11.7. The van der Waals surface area contributed by atoms with Gasteiger partial charge in [0.05, 0.1) is 0 Å². The second-order valence-corrected chi connectivity index (χ2v) is 6.52. The number of carboxylic acids is 1. The lowest BCUT2D eigenvalue weighted by Gasteiger charge is -2.08. The number of rotatable bonds is 8. The Hall–Kier alpha value is -1.40. The summed E-state index contributed by atoms with van der Waals surface area (Å²) in [6, 6.07) is 5.04. The van der Waals surface area contributed by atoms with Crippen molar-refractivity contribution in [2.75, 3.05) is 11.6 Å². The average Bonchev–Trinajstić information content (AvgIpc) is 2.38. The first-order valence-corrected chi connectivity index (χ1v) is 8.59. The molecule has 1 rings (SSSR count). The second-order valence-electron chi connectivity index (χ2n) is 4.67. The van der Waals surface area contributed by atoms with Gasteiger partial charge >= 0.3 is 5.97 Å². The molecule has 0 spiro atoms. The first kappa shape index (κ1) is 17.7. The van der Waals surface area contributed by atoms with Crippen molar-refractivity contribution in [2.24, 2.45) is 0 Å². The van der Waals surface area contributed by atoms with E-state index in [1.807, 2.05) is 0 Å². The summed E-state index contributed by atoms with van der Waals surface area (Å²) in [6.07, 6.45) is 2.93. The van der Waals surface area contributed by atoms with Crippen LogP contribution in [0.15, 0.2) is 18.2 Å². The molecule has 1 aromatic rings. The van der Waals surface area contributed by atoms with Gasteiger partial charge in [0.1, 0.15) is 0 Å². The number of benzene rings is 1. The third-order valence-electron chi connectivity index (χ3n) is 2.73. The number of hydrogen-bond acceptors (Lipinski definition) is 3. The molecule has 0 saturated carbocycles. The van der Waals surface area contributed by atoms with Crippen LogP contribution in [0.2, 0.25) is 5.02 Å². The van der Waals surface area contributed by atoms with Gasteiger partial charge in [-0.05, 0) is 36.6 Å². The van der Waals surface area contributed by atoms with Crippen molar-refractivity contribution in [3.8, 4) is 0 Å². The number of aliphatic carboxylic acids is 1. The van der Waals surface area contributed by atoms with E-state index >= 15 is 0 Å². The first-order valence-electron chi connectivity index (χ1n) is 6.48. The maximum absolute atomic E-state index is 11.7. The van der Waals surface area contributed by atoms with Crippen LogP contribution < -0.4 is 5.32 Å². The molecule has 0 aliphatic heterocycles. The zero-order chi connectivity index (χ0) is 15.8. The Morgan fingerprint density at radius 2 is 1.95 bits per heavy atom. The summed E-state index contributed by atoms with van der Waals surface area (Å²) in [7, 11) is -1.01. The smallest absolute Gasteiger partial charge is 0.303 e. The van der Waals surface area contributed by atoms with E-state index < -0.39 is 16.8 Å². The Labute approximate surface area is 131 Å². The van der Waals surface area contributed by atoms with E-state index in [0.29, 0.717) is 29.3 Å². The van der Waals surface area contributed by atoms with Crippen molar-refractivity contribution in [1.82, 2.24) is 0 Å². The summed E-state index contributed by atoms with van der Waals surface area (Å²) >= 11 is 6.01. The van der Waals surface area contributed by atoms with E-state index in [0.717, 1.165) is 5.56 Å². The number of unbranched alkanes of at least 4 members (excludes halogenated alkanes) is 1. The van der Waals surface area contributed by atoms with Crippen LogP contribution in [0.25, 0.3) is 0 Å². The van der Waals surface area contributed by atoms with E-state index in [4.69, 9.17) is 16.7 Å². The normalized spacial score (nSPS) is 11.9. The zero-order valence-corrected chi connectivity index (χ0v) is 13.3. The number of halogens is 1. The van der Waals surface area contributed by atoms with Gasteiger partial charge in [0.15, 0.2) is 0 Å². The van der Waals surface area contributed by atoms with Crippen LogP contribution in [0.3, 0.4) is 0 Å². The molecule has 1 amide bonds. The summed E-state index contributed by atoms with van der Waals surface area (Å²) in [5.74, 6) is -0.696. The monoisotopic (exact) mass is 331 g/mol. The Bertz CT molecular complexity index is 548. The number of amides is 1. The molecule has 0 aliphatic rings. The summed E-state index contributed by atoms with van der Waals surface area (Å²) in [6.45, 7) is 0. The minimum atomic E-state index is -1.01. The molecular weight excluding hydrogens is 314 g/mol. The largest absolute Gasteiger partial charge is 0.481 e. The van der Waals surface area contributed by atoms with Crippen molar-refractivity contribution in [3.63, 3.8) is 0 Å². The number of carboxylic acid groups (broad SMARTS) is 1. The minimum Gasteiger partial charge on any atom is -0.481 e. The third kappa shape index (κ3) is 7.24. The topological polar surface area (TPSA) is 83.5 Å². The Balaban J connectivity index is 2.52. The number of carbonyl (C=O) groups is 2. The number of carbonyl (C=O) groups excluding carboxylic acids is 1. The van der Waals surface area contributed by atoms with Gasteiger partial charge < -0.3 is 10.4 Å². The van der Waals surface area contributed by atoms with Crippen LogP contribution in [0.4, 0.5) is 5.69 Å². The van der Waals surface area contributed by atoms with Crippen molar-refractivity contribution in [2.45, 2.75) is 31.4 Å². The van der Waals surface area contributed by atoms with Crippen molar-refractivity contribution >= 4 is 40.0 Å². The number of anilines is 1. The molecule has 2 N–H and O–H groups in total. The molecule has 1 unspecified atom stereocenters. The molecule has 0 bridgehead atoms. The summed E-state index contributed by atoms with van der Waals surface area (Å²) in [5.41, 5.74) is 1.32. The van der Waals surface area contributed by atoms with Gasteiger partial charge in [-0.2, -0.15) is 0 Å². The maximum Gasteiger partial charge on any atom is 0.303 e. The van der Waals surface area contributed by atoms with Crippen LogP contribution in [-0.2, 0) is 26.1 Å². The predicted molar refractivity (Wildman–Crippen MR) is 84.0 cm³/mol. The molecule has 21 heavy (non-hydrogen) atoms. The highest BCUT2D eigenvalue weighted by Crippen LogP contribution is 2.22. The summed E-state index contributed by atoms with van der Waals surface area (Å²) in [4.78, 5) is 22.1. The molecule has 116 valence electrons. The standard InChI is InChI=1S/C14H18ClNO4S/c1-21(20)9-10-8-11(6-7-12(10)15)16-13(17)4-2-3-5-14(18)19/h6-8H,2-5,9H2,1H3,(H,16,17)(H,18,19). The van der Waals surface area contributed by atoms with E-state index in [1.165, 1.54) is 0 Å². The van der Waals surface area contributed by atoms with Crippen molar-refractivity contribution in [3.05, 3.63) is 28.8 Å². The molecule has 7 heteroatoms. The fourth-order valence-corrected chi connectivity index (χ4v) is 2.71. The van der Waals surface area contributed by atoms with E-state index in [1.54, 1.807) is 24.5 Å². The summed E-state index contributed by atoms with van der Waals surface area (Å²) < 4.78 is 11.2. The lowest BCUT2D eigenvalue weighted by atomic mass is 10.1. The Morgan fingerprint density at radius 1 is 1.29 bits per heavy atom. The van der Waals surface area contributed by atoms with Gasteiger partial charge in [-0.3, -0.25) is 13.8 Å². The fraction of sp³-hybridized carbons (Fsp3) is 0.429. The number of hydrogen-bond donors (Lipinski definition) is 2. The van der Waals surface area contributed by atoms with Gasteiger partial charge in [-0.25, -0.2) is 0 Å². The van der Waals surface area contributed by atoms with Crippen LogP contribution in [-0.4, -0.2) is 27.4 Å². The van der Waals surface area contributed by atoms with E-state index in [9.17, 15) is 13.8 Å². The highest BCUT2D eigenvalue weighted by atomic mass is 35.5. The van der Waals surface area contributed by atoms with Crippen LogP contribution in [0.1, 0.15) is 31.2 Å². The van der Waals surface area contributed by atoms with Crippen LogP contribution in [0.5, 0.6) is 0 Å². The van der Waals surface area contributed by atoms with Gasteiger partial charge in [0.25, 0.3) is 0 Å². The molecule has 0 radical (unpaired) electrons. The van der Waals surface area contributed by atoms with Crippen molar-refractivity contribution < 1.29 is 18.9 Å². The SMILES string of the molecule is CS(=O)Cc1cc(NC(=O)CCCCC(=O)O)ccc1Cl. The molecule has 0 heterocycles. The molecule has 0 saturated heterocycles. The molecule has 5 nitrogen and oxygen atoms in total. The lowest BCUT2D eigenvalue weighted by Crippen LogP contribution is -2.11. The van der Waals surface area contributed by atoms with Gasteiger partial charge in [-0.15, -0.1) is 0 Å². The van der Waals surface area contributed by atoms with Crippen molar-refractivity contribution in [1.29, 1.82) is 0 Å². The summed E-state index contributed by atoms with van der Waals surface area (Å²) in [5, 5.41) is 11.7. The quantitative estimate of drug-likeness (QED) is 0.717. The fourth-order valence-electron chi connectivity index (χ4n) is 1.77. The maximum atomic E-state index is 11.7. The van der Waals surface area contributed by atoms with Crippen LogP contribution >= 0.6 is 11.6 Å². The second kappa shape index (κ2) is 8.79. The Kier molecular flexibility index (Phi) is 7.39.